The van der Waals surface area contributed by atoms with Crippen LogP contribution in [-0.4, -0.2) is 42.6 Å². The maximum absolute atomic E-state index is 12.6. The van der Waals surface area contributed by atoms with Crippen molar-refractivity contribution in [2.45, 2.75) is 83.0 Å². The number of halogens is 6. The van der Waals surface area contributed by atoms with E-state index in [2.05, 4.69) is 0 Å². The standard InChI is InChI=1S/C18H28F6O3/c1-15(2,9-4-6-13-27-14-8-3-5-12-26-14)10-7-11-16(25,17(19,20)21)18(22,23)24/h7,11,14,25H,3-6,8-10,12-13H2,1-2H3/b11-7+. The Balaban J connectivity index is 2.41. The Bertz CT molecular complexity index is 451. The summed E-state index contributed by atoms with van der Waals surface area (Å²) >= 11 is 0. The van der Waals surface area contributed by atoms with Crippen LogP contribution in [0.3, 0.4) is 0 Å². The molecule has 1 aliphatic heterocycles. The van der Waals surface area contributed by atoms with E-state index in [0.29, 0.717) is 19.6 Å². The summed E-state index contributed by atoms with van der Waals surface area (Å²) in [4.78, 5) is 0. The molecular formula is C18H28F6O3. The highest BCUT2D eigenvalue weighted by molar-refractivity contribution is 5.11. The molecule has 0 saturated carbocycles. The van der Waals surface area contributed by atoms with Crippen LogP contribution in [0, 0.1) is 5.41 Å². The summed E-state index contributed by atoms with van der Waals surface area (Å²) in [6.45, 7) is 4.69. The molecule has 3 nitrogen and oxygen atoms in total. The van der Waals surface area contributed by atoms with Gasteiger partial charge in [0.15, 0.2) is 6.29 Å². The van der Waals surface area contributed by atoms with E-state index < -0.39 is 23.4 Å². The van der Waals surface area contributed by atoms with E-state index in [9.17, 15) is 26.3 Å². The predicted molar refractivity (Wildman–Crippen MR) is 88.0 cm³/mol. The first kappa shape index (κ1) is 24.2. The van der Waals surface area contributed by atoms with Crippen LogP contribution in [0.5, 0.6) is 0 Å². The molecule has 0 aliphatic carbocycles. The fraction of sp³-hybridized carbons (Fsp3) is 0.889. The second-order valence-corrected chi connectivity index (χ2v) is 7.66. The number of allylic oxidation sites excluding steroid dienone is 1. The van der Waals surface area contributed by atoms with E-state index in [1.807, 2.05) is 0 Å². The highest BCUT2D eigenvalue weighted by Gasteiger charge is 2.68. The van der Waals surface area contributed by atoms with Crippen molar-refractivity contribution in [2.75, 3.05) is 13.2 Å². The molecule has 0 bridgehead atoms. The molecule has 1 atom stereocenters. The largest absolute Gasteiger partial charge is 0.429 e. The minimum atomic E-state index is -5.83. The predicted octanol–water partition coefficient (Wildman–Crippen LogP) is 5.53. The minimum Gasteiger partial charge on any atom is -0.370 e. The maximum atomic E-state index is 12.6. The van der Waals surface area contributed by atoms with E-state index in [0.717, 1.165) is 38.2 Å². The van der Waals surface area contributed by atoms with Gasteiger partial charge in [-0.15, -0.1) is 0 Å². The van der Waals surface area contributed by atoms with Crippen molar-refractivity contribution in [1.29, 1.82) is 0 Å². The third kappa shape index (κ3) is 7.62. The van der Waals surface area contributed by atoms with Gasteiger partial charge in [0.25, 0.3) is 5.60 Å². The zero-order valence-electron chi connectivity index (χ0n) is 15.6. The van der Waals surface area contributed by atoms with Gasteiger partial charge in [-0.05, 0) is 50.0 Å². The Labute approximate surface area is 155 Å². The Morgan fingerprint density at radius 1 is 1.04 bits per heavy atom. The smallest absolute Gasteiger partial charge is 0.370 e. The number of hydrogen-bond donors (Lipinski definition) is 1. The molecule has 0 spiro atoms. The van der Waals surface area contributed by atoms with Crippen molar-refractivity contribution in [3.8, 4) is 0 Å². The molecule has 0 amide bonds. The number of hydrogen-bond acceptors (Lipinski definition) is 3. The lowest BCUT2D eigenvalue weighted by molar-refractivity contribution is -0.347. The molecule has 1 heterocycles. The van der Waals surface area contributed by atoms with Crippen molar-refractivity contribution in [3.05, 3.63) is 12.2 Å². The van der Waals surface area contributed by atoms with E-state index in [4.69, 9.17) is 14.6 Å². The van der Waals surface area contributed by atoms with Crippen LogP contribution in [0.15, 0.2) is 12.2 Å². The van der Waals surface area contributed by atoms with Crippen LogP contribution in [-0.2, 0) is 9.47 Å². The van der Waals surface area contributed by atoms with Crippen LogP contribution in [0.4, 0.5) is 26.3 Å². The SMILES string of the molecule is CC(C)(C/C=C/C(O)(C(F)(F)F)C(F)(F)F)CCCCOC1CCCCO1. The van der Waals surface area contributed by atoms with E-state index in [-0.39, 0.29) is 18.8 Å². The summed E-state index contributed by atoms with van der Waals surface area (Å²) in [5.41, 5.74) is -5.33. The first-order chi connectivity index (χ1) is 12.3. The van der Waals surface area contributed by atoms with Crippen molar-refractivity contribution in [2.24, 2.45) is 5.41 Å². The van der Waals surface area contributed by atoms with Gasteiger partial charge in [-0.3, -0.25) is 0 Å². The van der Waals surface area contributed by atoms with Crippen molar-refractivity contribution in [1.82, 2.24) is 0 Å². The van der Waals surface area contributed by atoms with E-state index in [1.54, 1.807) is 13.8 Å². The quantitative estimate of drug-likeness (QED) is 0.311. The van der Waals surface area contributed by atoms with Gasteiger partial charge in [0.1, 0.15) is 0 Å². The van der Waals surface area contributed by atoms with Gasteiger partial charge < -0.3 is 14.6 Å². The first-order valence-corrected chi connectivity index (χ1v) is 9.05. The zero-order chi connectivity index (χ0) is 20.8. The van der Waals surface area contributed by atoms with Gasteiger partial charge >= 0.3 is 12.4 Å². The monoisotopic (exact) mass is 406 g/mol. The Hall–Kier alpha value is -0.800. The second-order valence-electron chi connectivity index (χ2n) is 7.66. The topological polar surface area (TPSA) is 38.7 Å². The number of alkyl halides is 6. The molecule has 1 unspecified atom stereocenters. The highest BCUT2D eigenvalue weighted by Crippen LogP contribution is 2.44. The van der Waals surface area contributed by atoms with Gasteiger partial charge in [0.2, 0.25) is 0 Å². The van der Waals surface area contributed by atoms with Crippen LogP contribution in [0.25, 0.3) is 0 Å². The average Bonchev–Trinajstić information content (AvgIpc) is 2.53. The maximum Gasteiger partial charge on any atom is 0.429 e. The normalized spacial score (nSPS) is 20.4. The zero-order valence-corrected chi connectivity index (χ0v) is 15.6. The molecule has 1 saturated heterocycles. The lowest BCUT2D eigenvalue weighted by Crippen LogP contribution is -2.55. The summed E-state index contributed by atoms with van der Waals surface area (Å²) in [6, 6.07) is 0. The van der Waals surface area contributed by atoms with Crippen molar-refractivity contribution < 1.29 is 40.9 Å². The third-order valence-corrected chi connectivity index (χ3v) is 4.58. The minimum absolute atomic E-state index is 0.0198. The Morgan fingerprint density at radius 2 is 1.67 bits per heavy atom. The highest BCUT2D eigenvalue weighted by atomic mass is 19.4. The molecule has 1 N–H and O–H groups in total. The second kappa shape index (κ2) is 9.60. The lowest BCUT2D eigenvalue weighted by atomic mass is 9.83. The lowest BCUT2D eigenvalue weighted by Gasteiger charge is -2.30. The Morgan fingerprint density at radius 3 is 2.19 bits per heavy atom. The summed E-state index contributed by atoms with van der Waals surface area (Å²) in [6.07, 6.45) is -6.31. The number of rotatable bonds is 9. The number of ether oxygens (including phenoxy) is 2. The van der Waals surface area contributed by atoms with Crippen molar-refractivity contribution in [3.63, 3.8) is 0 Å². The molecular weight excluding hydrogens is 378 g/mol. The number of unbranched alkanes of at least 4 members (excludes halogenated alkanes) is 1. The molecule has 1 aliphatic rings. The van der Waals surface area contributed by atoms with Crippen LogP contribution in [0.2, 0.25) is 0 Å². The third-order valence-electron chi connectivity index (χ3n) is 4.58. The molecule has 1 fully saturated rings. The molecule has 27 heavy (non-hydrogen) atoms. The fourth-order valence-corrected chi connectivity index (χ4v) is 2.76. The van der Waals surface area contributed by atoms with E-state index in [1.165, 1.54) is 0 Å². The summed E-state index contributed by atoms with van der Waals surface area (Å²) in [5, 5.41) is 9.09. The number of aliphatic hydroxyl groups is 1. The van der Waals surface area contributed by atoms with Crippen LogP contribution >= 0.6 is 0 Å². The molecule has 0 aromatic rings. The molecule has 0 radical (unpaired) electrons. The van der Waals surface area contributed by atoms with Crippen molar-refractivity contribution >= 4 is 0 Å². The van der Waals surface area contributed by atoms with Gasteiger partial charge in [0.05, 0.1) is 0 Å². The fourth-order valence-electron chi connectivity index (χ4n) is 2.76. The van der Waals surface area contributed by atoms with Gasteiger partial charge in [-0.25, -0.2) is 0 Å². The molecule has 0 aromatic carbocycles. The molecule has 9 heteroatoms. The average molecular weight is 406 g/mol. The van der Waals surface area contributed by atoms with Gasteiger partial charge in [0, 0.05) is 13.2 Å². The van der Waals surface area contributed by atoms with E-state index >= 15 is 0 Å². The Kier molecular flexibility index (Phi) is 8.62. The van der Waals surface area contributed by atoms with Gasteiger partial charge in [-0.2, -0.15) is 26.3 Å². The molecule has 1 rings (SSSR count). The van der Waals surface area contributed by atoms with Gasteiger partial charge in [-0.1, -0.05) is 26.3 Å². The molecule has 0 aromatic heterocycles. The summed E-state index contributed by atoms with van der Waals surface area (Å²) in [7, 11) is 0. The van der Waals surface area contributed by atoms with Crippen LogP contribution in [0.1, 0.15) is 58.8 Å². The first-order valence-electron chi connectivity index (χ1n) is 9.05. The van der Waals surface area contributed by atoms with Crippen LogP contribution < -0.4 is 0 Å². The summed E-state index contributed by atoms with van der Waals surface area (Å²) < 4.78 is 86.7. The molecule has 160 valence electrons. The summed E-state index contributed by atoms with van der Waals surface area (Å²) in [5.74, 6) is 0.